The second-order valence-electron chi connectivity index (χ2n) is 11.8. The summed E-state index contributed by atoms with van der Waals surface area (Å²) >= 11 is 13.9. The van der Waals surface area contributed by atoms with Gasteiger partial charge in [0.1, 0.15) is 0 Å². The van der Waals surface area contributed by atoms with Crippen molar-refractivity contribution in [1.82, 2.24) is 23.7 Å². The van der Waals surface area contributed by atoms with Gasteiger partial charge in [-0.05, 0) is 101 Å². The molecule has 0 radical (unpaired) electrons. The first-order valence-electron chi connectivity index (χ1n) is 14.5. The van der Waals surface area contributed by atoms with E-state index < -0.39 is 10.0 Å². The number of carbonyl (C=O) groups excluding carboxylic acids is 1. The fourth-order valence-corrected chi connectivity index (χ4v) is 9.83. The average molecular weight is 740 g/mol. The summed E-state index contributed by atoms with van der Waals surface area (Å²) in [7, 11) is -1.84. The Kier molecular flexibility index (Phi) is 8.86. The molecule has 8 nitrogen and oxygen atoms in total. The summed E-state index contributed by atoms with van der Waals surface area (Å²) in [5.41, 5.74) is 4.95. The van der Waals surface area contributed by atoms with Crippen LogP contribution in [0.15, 0.2) is 50.9 Å². The third-order valence-corrected chi connectivity index (χ3v) is 12.2. The van der Waals surface area contributed by atoms with Crippen molar-refractivity contribution >= 4 is 59.4 Å². The van der Waals surface area contributed by atoms with Crippen LogP contribution in [0.4, 0.5) is 0 Å². The number of imidazole rings is 1. The summed E-state index contributed by atoms with van der Waals surface area (Å²) in [6.07, 6.45) is 10.4. The molecule has 1 amide bonds. The first-order valence-corrected chi connectivity index (χ1v) is 17.9. The van der Waals surface area contributed by atoms with Gasteiger partial charge in [-0.2, -0.15) is 4.31 Å². The number of fused-ring (bicyclic) bond motifs is 2. The van der Waals surface area contributed by atoms with Gasteiger partial charge in [0.2, 0.25) is 5.91 Å². The van der Waals surface area contributed by atoms with Gasteiger partial charge in [-0.3, -0.25) is 9.78 Å². The number of halogens is 3. The lowest BCUT2D eigenvalue weighted by Crippen LogP contribution is -2.43. The summed E-state index contributed by atoms with van der Waals surface area (Å²) in [5.74, 6) is 0.862. The molecule has 42 heavy (non-hydrogen) atoms. The number of nitrogens with zero attached hydrogens (tertiary/aromatic N) is 5. The summed E-state index contributed by atoms with van der Waals surface area (Å²) in [5, 5.41) is 0.819. The van der Waals surface area contributed by atoms with Gasteiger partial charge in [-0.1, -0.05) is 27.5 Å². The Morgan fingerprint density at radius 3 is 2.40 bits per heavy atom. The normalized spacial score (nSPS) is 20.7. The van der Waals surface area contributed by atoms with Gasteiger partial charge in [-0.25, -0.2) is 13.4 Å². The highest BCUT2D eigenvalue weighted by Crippen LogP contribution is 2.46. The maximum atomic E-state index is 13.4. The molecule has 0 spiro atoms. The third-order valence-electron chi connectivity index (χ3n) is 9.10. The molecule has 0 N–H and O–H groups in total. The lowest BCUT2D eigenvalue weighted by Gasteiger charge is -2.38. The zero-order valence-corrected chi connectivity index (χ0v) is 28.2. The Morgan fingerprint density at radius 1 is 1.00 bits per heavy atom. The van der Waals surface area contributed by atoms with Gasteiger partial charge in [0.05, 0.1) is 12.0 Å². The minimum Gasteiger partial charge on any atom is -0.343 e. The minimum atomic E-state index is -3.60. The van der Waals surface area contributed by atoms with Crippen molar-refractivity contribution in [2.45, 2.75) is 55.9 Å². The van der Waals surface area contributed by atoms with E-state index in [0.29, 0.717) is 38.3 Å². The number of hydrogen-bond acceptors (Lipinski definition) is 5. The van der Waals surface area contributed by atoms with Crippen molar-refractivity contribution in [3.05, 3.63) is 73.3 Å². The molecule has 1 atom stereocenters. The van der Waals surface area contributed by atoms with E-state index in [1.807, 2.05) is 17.2 Å². The number of piperidine rings is 2. The summed E-state index contributed by atoms with van der Waals surface area (Å²) in [6, 6.07) is 6.28. The lowest BCUT2D eigenvalue weighted by atomic mass is 9.76. The predicted octanol–water partition coefficient (Wildman–Crippen LogP) is 5.95. The second kappa shape index (κ2) is 12.3. The van der Waals surface area contributed by atoms with Crippen LogP contribution in [0.25, 0.3) is 0 Å². The summed E-state index contributed by atoms with van der Waals surface area (Å²) < 4.78 is 31.0. The van der Waals surface area contributed by atoms with Crippen LogP contribution in [-0.2, 0) is 34.7 Å². The molecule has 3 aliphatic rings. The fraction of sp³-hybridized carbons (Fsp3) is 0.500. The maximum absolute atomic E-state index is 13.4. The molecule has 2 fully saturated rings. The molecule has 2 saturated heterocycles. The van der Waals surface area contributed by atoms with Crippen molar-refractivity contribution < 1.29 is 13.2 Å². The van der Waals surface area contributed by atoms with Crippen molar-refractivity contribution in [3.8, 4) is 0 Å². The highest BCUT2D eigenvalue weighted by atomic mass is 79.9. The van der Waals surface area contributed by atoms with Crippen LogP contribution in [0.2, 0.25) is 5.02 Å². The van der Waals surface area contributed by atoms with Crippen LogP contribution < -0.4 is 0 Å². The maximum Gasteiger partial charge on any atom is 0.262 e. The van der Waals surface area contributed by atoms with Crippen molar-refractivity contribution in [3.63, 3.8) is 0 Å². The van der Waals surface area contributed by atoms with E-state index in [4.69, 9.17) is 16.6 Å². The van der Waals surface area contributed by atoms with E-state index in [-0.39, 0.29) is 22.8 Å². The number of likely N-dealkylation sites (tertiary alicyclic amines) is 1. The lowest BCUT2D eigenvalue weighted by molar-refractivity contribution is -0.133. The second-order valence-corrected chi connectivity index (χ2v) is 15.9. The molecule has 224 valence electrons. The summed E-state index contributed by atoms with van der Waals surface area (Å²) in [6.45, 7) is 2.28. The van der Waals surface area contributed by atoms with Gasteiger partial charge >= 0.3 is 0 Å². The van der Waals surface area contributed by atoms with E-state index >= 15 is 0 Å². The number of rotatable bonds is 5. The minimum absolute atomic E-state index is 0.0827. The predicted molar refractivity (Wildman–Crippen MR) is 169 cm³/mol. The molecule has 6 rings (SSSR count). The number of sulfonamides is 1. The Morgan fingerprint density at radius 2 is 1.71 bits per heavy atom. The molecule has 0 bridgehead atoms. The van der Waals surface area contributed by atoms with Gasteiger partial charge < -0.3 is 9.47 Å². The first kappa shape index (κ1) is 30.2. The number of benzene rings is 1. The van der Waals surface area contributed by atoms with Crippen molar-refractivity contribution in [2.24, 2.45) is 18.9 Å². The van der Waals surface area contributed by atoms with Crippen LogP contribution in [0.5, 0.6) is 0 Å². The largest absolute Gasteiger partial charge is 0.343 e. The van der Waals surface area contributed by atoms with Crippen molar-refractivity contribution in [2.75, 3.05) is 26.2 Å². The van der Waals surface area contributed by atoms with Gasteiger partial charge in [-0.15, -0.1) is 0 Å². The quantitative estimate of drug-likeness (QED) is 0.323. The highest BCUT2D eigenvalue weighted by Gasteiger charge is 2.37. The topological polar surface area (TPSA) is 88.4 Å². The van der Waals surface area contributed by atoms with Crippen LogP contribution in [0.3, 0.4) is 0 Å². The average Bonchev–Trinajstić information content (AvgIpc) is 3.34. The smallest absolute Gasteiger partial charge is 0.262 e. The number of aryl methyl sites for hydroxylation is 3. The monoisotopic (exact) mass is 737 g/mol. The van der Waals surface area contributed by atoms with Gasteiger partial charge in [0.25, 0.3) is 10.0 Å². The molecule has 0 unspecified atom stereocenters. The molecule has 4 heterocycles. The number of aromatic nitrogens is 3. The summed E-state index contributed by atoms with van der Waals surface area (Å²) in [4.78, 5) is 24.4. The highest BCUT2D eigenvalue weighted by molar-refractivity contribution is 9.10. The molecular formula is C30H34Br2ClN5O3S. The number of amides is 1. The van der Waals surface area contributed by atoms with Crippen LogP contribution in [-0.4, -0.2) is 64.2 Å². The number of pyridine rings is 1. The van der Waals surface area contributed by atoms with E-state index in [0.717, 1.165) is 58.4 Å². The molecule has 12 heteroatoms. The molecule has 2 aliphatic heterocycles. The Labute approximate surface area is 269 Å². The first-order chi connectivity index (χ1) is 20.1. The zero-order valence-electron chi connectivity index (χ0n) is 23.5. The molecule has 3 aromatic rings. The number of hydrogen-bond donors (Lipinski definition) is 0. The van der Waals surface area contributed by atoms with E-state index in [1.54, 1.807) is 11.6 Å². The van der Waals surface area contributed by atoms with E-state index in [1.165, 1.54) is 33.5 Å². The standard InChI is InChI=1S/C30H34Br2ClN5O3S/c1-36-17-26(35-18-36)42(40,41)38-10-4-19(5-11-38)12-27(39)37-8-6-20(7-9-37)29-28-21(14-24(33)15-25(28)32)2-3-22-13-23(31)16-34-30(22)29/h13-20,29H,2-12H2,1H3/t29-/m1/s1. The third kappa shape index (κ3) is 6.09. The molecule has 2 aromatic heterocycles. The van der Waals surface area contributed by atoms with E-state index in [9.17, 15) is 13.2 Å². The van der Waals surface area contributed by atoms with Crippen molar-refractivity contribution in [1.29, 1.82) is 0 Å². The molecular weight excluding hydrogens is 706 g/mol. The molecule has 1 aromatic carbocycles. The Hall–Kier alpha value is -1.79. The molecule has 0 saturated carbocycles. The Bertz CT molecular complexity index is 1600. The van der Waals surface area contributed by atoms with Crippen LogP contribution in [0.1, 0.15) is 60.4 Å². The Balaban J connectivity index is 1.10. The van der Waals surface area contributed by atoms with Crippen LogP contribution >= 0.6 is 43.5 Å². The zero-order chi connectivity index (χ0) is 29.6. The molecule has 1 aliphatic carbocycles. The van der Waals surface area contributed by atoms with Crippen LogP contribution in [0, 0.1) is 11.8 Å². The number of carbonyl (C=O) groups is 1. The fourth-order valence-electron chi connectivity index (χ4n) is 6.90. The van der Waals surface area contributed by atoms with E-state index in [2.05, 4.69) is 49.0 Å². The van der Waals surface area contributed by atoms with Gasteiger partial charge in [0.15, 0.2) is 5.03 Å². The SMILES string of the molecule is Cn1cnc(S(=O)(=O)N2CCC(CC(=O)N3CCC([C@H]4c5ncc(Br)cc5CCc5cc(Cl)cc(Br)c54)CC3)CC2)c1. The van der Waals surface area contributed by atoms with Gasteiger partial charge in [0, 0.05) is 71.9 Å².